The largest absolute Gasteiger partial charge is 0.507 e. The first-order valence-electron chi connectivity index (χ1n) is 6.88. The van der Waals surface area contributed by atoms with E-state index in [1.165, 1.54) is 26.4 Å². The SMILES string of the molecule is COC(=O)c1cc(CNC(=O)c2ccccc2O)ccc1OC. The average Bonchev–Trinajstić information content (AvgIpc) is 2.59. The van der Waals surface area contributed by atoms with Crippen molar-refractivity contribution < 1.29 is 24.2 Å². The zero-order chi connectivity index (χ0) is 16.8. The van der Waals surface area contributed by atoms with Gasteiger partial charge in [-0.3, -0.25) is 4.79 Å². The van der Waals surface area contributed by atoms with Crippen LogP contribution in [0.1, 0.15) is 26.3 Å². The van der Waals surface area contributed by atoms with Crippen LogP contribution < -0.4 is 10.1 Å². The van der Waals surface area contributed by atoms with E-state index >= 15 is 0 Å². The Labute approximate surface area is 133 Å². The standard InChI is InChI=1S/C17H17NO5/c1-22-15-8-7-11(9-13(15)17(21)23-2)10-18-16(20)12-5-3-4-6-14(12)19/h3-9,19H,10H2,1-2H3,(H,18,20). The lowest BCUT2D eigenvalue weighted by atomic mass is 10.1. The van der Waals surface area contributed by atoms with Crippen molar-refractivity contribution in [2.75, 3.05) is 14.2 Å². The van der Waals surface area contributed by atoms with Crippen LogP contribution in [0.25, 0.3) is 0 Å². The summed E-state index contributed by atoms with van der Waals surface area (Å²) < 4.78 is 9.82. The fraction of sp³-hybridized carbons (Fsp3) is 0.176. The van der Waals surface area contributed by atoms with Crippen LogP contribution in [0.3, 0.4) is 0 Å². The number of carbonyl (C=O) groups excluding carboxylic acids is 2. The second-order valence-corrected chi connectivity index (χ2v) is 4.73. The fourth-order valence-electron chi connectivity index (χ4n) is 2.08. The van der Waals surface area contributed by atoms with Crippen molar-refractivity contribution in [3.8, 4) is 11.5 Å². The molecule has 0 aliphatic rings. The molecule has 2 rings (SSSR count). The molecule has 120 valence electrons. The summed E-state index contributed by atoms with van der Waals surface area (Å²) in [5, 5.41) is 12.3. The van der Waals surface area contributed by atoms with Gasteiger partial charge in [0.25, 0.3) is 5.91 Å². The molecule has 0 aliphatic heterocycles. The van der Waals surface area contributed by atoms with E-state index in [2.05, 4.69) is 5.32 Å². The quantitative estimate of drug-likeness (QED) is 0.826. The highest BCUT2D eigenvalue weighted by Crippen LogP contribution is 2.21. The van der Waals surface area contributed by atoms with Gasteiger partial charge in [-0.2, -0.15) is 0 Å². The third-order valence-electron chi connectivity index (χ3n) is 3.27. The Kier molecular flexibility index (Phi) is 5.19. The van der Waals surface area contributed by atoms with Crippen LogP contribution in [-0.2, 0) is 11.3 Å². The van der Waals surface area contributed by atoms with Crippen molar-refractivity contribution >= 4 is 11.9 Å². The van der Waals surface area contributed by atoms with Gasteiger partial charge in [-0.1, -0.05) is 18.2 Å². The zero-order valence-corrected chi connectivity index (χ0v) is 12.8. The Hall–Kier alpha value is -3.02. The average molecular weight is 315 g/mol. The minimum absolute atomic E-state index is 0.0880. The van der Waals surface area contributed by atoms with Gasteiger partial charge >= 0.3 is 5.97 Å². The Bertz CT molecular complexity index is 727. The lowest BCUT2D eigenvalue weighted by molar-refractivity contribution is 0.0597. The lowest BCUT2D eigenvalue weighted by Gasteiger charge is -2.10. The number of phenols is 1. The molecule has 6 nitrogen and oxygen atoms in total. The normalized spacial score (nSPS) is 10.0. The first kappa shape index (κ1) is 16.4. The monoisotopic (exact) mass is 315 g/mol. The van der Waals surface area contributed by atoms with Gasteiger partial charge in [0.15, 0.2) is 0 Å². The Morgan fingerprint density at radius 3 is 2.48 bits per heavy atom. The molecule has 23 heavy (non-hydrogen) atoms. The highest BCUT2D eigenvalue weighted by molar-refractivity contribution is 5.96. The fourth-order valence-corrected chi connectivity index (χ4v) is 2.08. The summed E-state index contributed by atoms with van der Waals surface area (Å²) in [6.45, 7) is 0.196. The predicted octanol–water partition coefficient (Wildman–Crippen LogP) is 2.12. The molecule has 0 radical (unpaired) electrons. The van der Waals surface area contributed by atoms with E-state index in [1.807, 2.05) is 0 Å². The summed E-state index contributed by atoms with van der Waals surface area (Å²) in [6.07, 6.45) is 0. The van der Waals surface area contributed by atoms with Gasteiger partial charge in [-0.15, -0.1) is 0 Å². The molecule has 0 unspecified atom stereocenters. The van der Waals surface area contributed by atoms with Crippen LogP contribution in [0.2, 0.25) is 0 Å². The summed E-state index contributed by atoms with van der Waals surface area (Å²) in [5.74, 6) is -0.614. The molecule has 0 atom stereocenters. The highest BCUT2D eigenvalue weighted by atomic mass is 16.5. The smallest absolute Gasteiger partial charge is 0.341 e. The number of methoxy groups -OCH3 is 2. The molecule has 2 aromatic rings. The third-order valence-corrected chi connectivity index (χ3v) is 3.27. The lowest BCUT2D eigenvalue weighted by Crippen LogP contribution is -2.23. The molecular formula is C17H17NO5. The number of benzene rings is 2. The Morgan fingerprint density at radius 2 is 1.83 bits per heavy atom. The van der Waals surface area contributed by atoms with Crippen LogP contribution in [0.5, 0.6) is 11.5 Å². The van der Waals surface area contributed by atoms with Crippen molar-refractivity contribution in [1.82, 2.24) is 5.32 Å². The van der Waals surface area contributed by atoms with Crippen molar-refractivity contribution in [3.05, 3.63) is 59.2 Å². The van der Waals surface area contributed by atoms with E-state index in [0.29, 0.717) is 11.3 Å². The van der Waals surface area contributed by atoms with E-state index in [9.17, 15) is 14.7 Å². The first-order chi connectivity index (χ1) is 11.1. The summed E-state index contributed by atoms with van der Waals surface area (Å²) in [5.41, 5.74) is 1.17. The summed E-state index contributed by atoms with van der Waals surface area (Å²) in [4.78, 5) is 23.8. The zero-order valence-electron chi connectivity index (χ0n) is 12.8. The van der Waals surface area contributed by atoms with Gasteiger partial charge in [0, 0.05) is 6.54 Å². The molecule has 0 saturated carbocycles. The number of amides is 1. The number of phenolic OH excluding ortho intramolecular Hbond substituents is 1. The number of hydrogen-bond donors (Lipinski definition) is 2. The molecule has 6 heteroatoms. The van der Waals surface area contributed by atoms with Crippen LogP contribution in [0, 0.1) is 0 Å². The van der Waals surface area contributed by atoms with Crippen molar-refractivity contribution in [2.45, 2.75) is 6.54 Å². The second-order valence-electron chi connectivity index (χ2n) is 4.73. The molecule has 0 bridgehead atoms. The topological polar surface area (TPSA) is 84.9 Å². The number of para-hydroxylation sites is 1. The molecule has 2 N–H and O–H groups in total. The molecule has 0 aromatic heterocycles. The second kappa shape index (κ2) is 7.31. The molecule has 0 spiro atoms. The number of nitrogens with one attached hydrogen (secondary N) is 1. The minimum atomic E-state index is -0.518. The predicted molar refractivity (Wildman–Crippen MR) is 83.6 cm³/mol. The van der Waals surface area contributed by atoms with Gasteiger partial charge < -0.3 is 19.9 Å². The van der Waals surface area contributed by atoms with Gasteiger partial charge in [0.05, 0.1) is 19.8 Å². The number of rotatable bonds is 5. The van der Waals surface area contributed by atoms with Crippen LogP contribution in [0.4, 0.5) is 0 Å². The van der Waals surface area contributed by atoms with Gasteiger partial charge in [0.1, 0.15) is 17.1 Å². The summed E-state index contributed by atoms with van der Waals surface area (Å²) >= 11 is 0. The minimum Gasteiger partial charge on any atom is -0.507 e. The maximum absolute atomic E-state index is 12.0. The Balaban J connectivity index is 2.13. The summed E-state index contributed by atoms with van der Waals surface area (Å²) in [6, 6.07) is 11.2. The van der Waals surface area contributed by atoms with Gasteiger partial charge in [-0.25, -0.2) is 4.79 Å². The number of hydrogen-bond acceptors (Lipinski definition) is 5. The molecule has 0 aliphatic carbocycles. The molecule has 0 fully saturated rings. The van der Waals surface area contributed by atoms with E-state index in [4.69, 9.17) is 9.47 Å². The molecule has 0 heterocycles. The third kappa shape index (κ3) is 3.79. The van der Waals surface area contributed by atoms with Crippen molar-refractivity contribution in [2.24, 2.45) is 0 Å². The van der Waals surface area contributed by atoms with Crippen LogP contribution in [0.15, 0.2) is 42.5 Å². The number of ether oxygens (including phenoxy) is 2. The highest BCUT2D eigenvalue weighted by Gasteiger charge is 2.14. The molecule has 2 aromatic carbocycles. The van der Waals surface area contributed by atoms with Gasteiger partial charge in [-0.05, 0) is 29.8 Å². The van der Waals surface area contributed by atoms with E-state index < -0.39 is 11.9 Å². The number of aromatic hydroxyl groups is 1. The van der Waals surface area contributed by atoms with Crippen molar-refractivity contribution in [1.29, 1.82) is 0 Å². The van der Waals surface area contributed by atoms with E-state index in [0.717, 1.165) is 0 Å². The maximum Gasteiger partial charge on any atom is 0.341 e. The Morgan fingerprint density at radius 1 is 1.09 bits per heavy atom. The molecule has 1 amide bonds. The van der Waals surface area contributed by atoms with E-state index in [1.54, 1.807) is 30.3 Å². The van der Waals surface area contributed by atoms with E-state index in [-0.39, 0.29) is 23.4 Å². The molecule has 0 saturated heterocycles. The van der Waals surface area contributed by atoms with Crippen LogP contribution >= 0.6 is 0 Å². The number of carbonyl (C=O) groups is 2. The summed E-state index contributed by atoms with van der Waals surface area (Å²) in [7, 11) is 2.75. The van der Waals surface area contributed by atoms with Crippen LogP contribution in [-0.4, -0.2) is 31.2 Å². The maximum atomic E-state index is 12.0. The van der Waals surface area contributed by atoms with Gasteiger partial charge in [0.2, 0.25) is 0 Å². The first-order valence-corrected chi connectivity index (χ1v) is 6.88. The number of esters is 1. The van der Waals surface area contributed by atoms with Crippen molar-refractivity contribution in [3.63, 3.8) is 0 Å². The molecular weight excluding hydrogens is 298 g/mol.